The molecule has 1 fully saturated rings. The zero-order valence-electron chi connectivity index (χ0n) is 12.8. The number of nitrogens with zero attached hydrogens (tertiary/aromatic N) is 1. The molecule has 2 unspecified atom stereocenters. The summed E-state index contributed by atoms with van der Waals surface area (Å²) < 4.78 is 0. The van der Waals surface area contributed by atoms with E-state index in [1.807, 2.05) is 35.7 Å². The molecule has 0 aliphatic heterocycles. The van der Waals surface area contributed by atoms with Gasteiger partial charge in [0.2, 0.25) is 0 Å². The van der Waals surface area contributed by atoms with Crippen molar-refractivity contribution in [3.8, 4) is 0 Å². The summed E-state index contributed by atoms with van der Waals surface area (Å²) in [5.41, 5.74) is 0.869. The number of hydrogen-bond acceptors (Lipinski definition) is 4. The molecule has 1 aromatic carbocycles. The SMILES string of the molecule is O=C(NCCC(O)c1ccccc1)NC(c1nccs1)C1CC1. The van der Waals surface area contributed by atoms with E-state index in [2.05, 4.69) is 15.6 Å². The van der Waals surface area contributed by atoms with Gasteiger partial charge in [-0.2, -0.15) is 0 Å². The van der Waals surface area contributed by atoms with Crippen molar-refractivity contribution in [1.82, 2.24) is 15.6 Å². The Morgan fingerprint density at radius 2 is 2.13 bits per heavy atom. The molecule has 1 aliphatic carbocycles. The van der Waals surface area contributed by atoms with Crippen molar-refractivity contribution in [2.24, 2.45) is 5.92 Å². The first kappa shape index (κ1) is 16.0. The quantitative estimate of drug-likeness (QED) is 0.730. The van der Waals surface area contributed by atoms with Crippen molar-refractivity contribution in [3.63, 3.8) is 0 Å². The van der Waals surface area contributed by atoms with Gasteiger partial charge in [-0.25, -0.2) is 9.78 Å². The van der Waals surface area contributed by atoms with Crippen molar-refractivity contribution in [1.29, 1.82) is 0 Å². The third-order valence-electron chi connectivity index (χ3n) is 3.99. The van der Waals surface area contributed by atoms with Crippen LogP contribution < -0.4 is 10.6 Å². The van der Waals surface area contributed by atoms with Crippen LogP contribution in [0.5, 0.6) is 0 Å². The minimum absolute atomic E-state index is 0.00838. The fourth-order valence-electron chi connectivity index (χ4n) is 2.56. The van der Waals surface area contributed by atoms with Gasteiger partial charge in [0.25, 0.3) is 0 Å². The van der Waals surface area contributed by atoms with Crippen LogP contribution in [0.2, 0.25) is 0 Å². The Hall–Kier alpha value is -1.92. The first-order valence-electron chi connectivity index (χ1n) is 7.91. The smallest absolute Gasteiger partial charge is 0.315 e. The summed E-state index contributed by atoms with van der Waals surface area (Å²) in [4.78, 5) is 16.4. The van der Waals surface area contributed by atoms with Gasteiger partial charge in [-0.1, -0.05) is 30.3 Å². The molecule has 3 N–H and O–H groups in total. The lowest BCUT2D eigenvalue weighted by Gasteiger charge is -2.17. The molecule has 0 spiro atoms. The third kappa shape index (κ3) is 4.53. The fraction of sp³-hybridized carbons (Fsp3) is 0.412. The van der Waals surface area contributed by atoms with Crippen LogP contribution in [0.15, 0.2) is 41.9 Å². The van der Waals surface area contributed by atoms with Gasteiger partial charge in [-0.05, 0) is 30.7 Å². The highest BCUT2D eigenvalue weighted by molar-refractivity contribution is 7.09. The number of benzene rings is 1. The Morgan fingerprint density at radius 1 is 1.35 bits per heavy atom. The second-order valence-electron chi connectivity index (χ2n) is 5.80. The maximum Gasteiger partial charge on any atom is 0.315 e. The molecule has 2 atom stereocenters. The summed E-state index contributed by atoms with van der Waals surface area (Å²) in [6.45, 7) is 0.428. The van der Waals surface area contributed by atoms with E-state index in [1.165, 1.54) is 0 Å². The average Bonchev–Trinajstić information content (AvgIpc) is 3.27. The molecule has 1 heterocycles. The van der Waals surface area contributed by atoms with Crippen molar-refractivity contribution >= 4 is 17.4 Å². The molecule has 2 amide bonds. The van der Waals surface area contributed by atoms with E-state index in [9.17, 15) is 9.90 Å². The topological polar surface area (TPSA) is 74.2 Å². The Balaban J connectivity index is 1.44. The Kier molecular flexibility index (Phi) is 5.25. The summed E-state index contributed by atoms with van der Waals surface area (Å²) in [5, 5.41) is 18.8. The third-order valence-corrected chi connectivity index (χ3v) is 4.84. The van der Waals surface area contributed by atoms with Gasteiger partial charge in [-0.3, -0.25) is 0 Å². The highest BCUT2D eigenvalue weighted by Crippen LogP contribution is 2.41. The minimum atomic E-state index is -0.560. The van der Waals surface area contributed by atoms with Gasteiger partial charge < -0.3 is 15.7 Å². The molecular formula is C17H21N3O2S. The van der Waals surface area contributed by atoms with Crippen LogP contribution in [-0.2, 0) is 0 Å². The molecule has 2 aromatic rings. The van der Waals surface area contributed by atoms with Crippen molar-refractivity contribution < 1.29 is 9.90 Å². The summed E-state index contributed by atoms with van der Waals surface area (Å²) in [7, 11) is 0. The monoisotopic (exact) mass is 331 g/mol. The fourth-order valence-corrected chi connectivity index (χ4v) is 3.34. The molecule has 5 nitrogen and oxygen atoms in total. The average molecular weight is 331 g/mol. The minimum Gasteiger partial charge on any atom is -0.388 e. The number of hydrogen-bond donors (Lipinski definition) is 3. The van der Waals surface area contributed by atoms with Crippen LogP contribution in [0.25, 0.3) is 0 Å². The predicted octanol–water partition coefficient (Wildman–Crippen LogP) is 3.02. The first-order chi connectivity index (χ1) is 11.2. The second kappa shape index (κ2) is 7.57. The van der Waals surface area contributed by atoms with Crippen LogP contribution in [0.3, 0.4) is 0 Å². The van der Waals surface area contributed by atoms with Gasteiger partial charge in [0.05, 0.1) is 12.1 Å². The van der Waals surface area contributed by atoms with Crippen LogP contribution >= 0.6 is 11.3 Å². The lowest BCUT2D eigenvalue weighted by Crippen LogP contribution is -2.39. The summed E-state index contributed by atoms with van der Waals surface area (Å²) >= 11 is 1.57. The van der Waals surface area contributed by atoms with Crippen LogP contribution in [0, 0.1) is 5.92 Å². The summed E-state index contributed by atoms with van der Waals surface area (Å²) in [5.74, 6) is 0.502. The van der Waals surface area contributed by atoms with Gasteiger partial charge in [0.15, 0.2) is 0 Å². The highest BCUT2D eigenvalue weighted by Gasteiger charge is 2.34. The van der Waals surface area contributed by atoms with Crippen LogP contribution in [0.1, 0.15) is 42.0 Å². The molecule has 122 valence electrons. The van der Waals surface area contributed by atoms with E-state index in [0.29, 0.717) is 18.9 Å². The van der Waals surface area contributed by atoms with Crippen LogP contribution in [-0.4, -0.2) is 22.7 Å². The lowest BCUT2D eigenvalue weighted by molar-refractivity contribution is 0.166. The van der Waals surface area contributed by atoms with E-state index in [1.54, 1.807) is 17.5 Å². The van der Waals surface area contributed by atoms with E-state index in [4.69, 9.17) is 0 Å². The Bertz CT molecular complexity index is 614. The molecule has 1 aromatic heterocycles. The number of aliphatic hydroxyl groups excluding tert-OH is 1. The molecule has 1 saturated carbocycles. The maximum absolute atomic E-state index is 12.1. The number of nitrogens with one attached hydrogen (secondary N) is 2. The summed E-state index contributed by atoms with van der Waals surface area (Å²) in [6.07, 6.45) is 3.97. The molecule has 23 heavy (non-hydrogen) atoms. The highest BCUT2D eigenvalue weighted by atomic mass is 32.1. The van der Waals surface area contributed by atoms with Crippen LogP contribution in [0.4, 0.5) is 4.79 Å². The zero-order chi connectivity index (χ0) is 16.1. The maximum atomic E-state index is 12.1. The molecule has 6 heteroatoms. The van der Waals surface area contributed by atoms with E-state index in [0.717, 1.165) is 23.4 Å². The van der Waals surface area contributed by atoms with Crippen molar-refractivity contribution in [3.05, 3.63) is 52.5 Å². The second-order valence-corrected chi connectivity index (χ2v) is 6.73. The van der Waals surface area contributed by atoms with E-state index >= 15 is 0 Å². The lowest BCUT2D eigenvalue weighted by atomic mass is 10.1. The largest absolute Gasteiger partial charge is 0.388 e. The number of urea groups is 1. The number of aliphatic hydroxyl groups is 1. The van der Waals surface area contributed by atoms with Gasteiger partial charge >= 0.3 is 6.03 Å². The first-order valence-corrected chi connectivity index (χ1v) is 8.79. The number of aromatic nitrogens is 1. The number of carbonyl (C=O) groups is 1. The van der Waals surface area contributed by atoms with Gasteiger partial charge in [-0.15, -0.1) is 11.3 Å². The van der Waals surface area contributed by atoms with E-state index < -0.39 is 6.10 Å². The standard InChI is InChI=1S/C17H21N3O2S/c21-14(12-4-2-1-3-5-12)8-9-19-17(22)20-15(13-6-7-13)16-18-10-11-23-16/h1-5,10-11,13-15,21H,6-9H2,(H2,19,20,22). The predicted molar refractivity (Wildman–Crippen MR) is 90.1 cm³/mol. The normalized spacial score (nSPS) is 16.6. The molecule has 0 radical (unpaired) electrons. The van der Waals surface area contributed by atoms with Gasteiger partial charge in [0.1, 0.15) is 5.01 Å². The number of rotatable bonds is 7. The number of carbonyl (C=O) groups excluding carboxylic acids is 1. The molecule has 1 aliphatic rings. The molecule has 0 bridgehead atoms. The number of thiazole rings is 1. The number of amides is 2. The zero-order valence-corrected chi connectivity index (χ0v) is 13.6. The summed E-state index contributed by atoms with van der Waals surface area (Å²) in [6, 6.07) is 9.29. The molecule has 3 rings (SSSR count). The Morgan fingerprint density at radius 3 is 2.78 bits per heavy atom. The van der Waals surface area contributed by atoms with Gasteiger partial charge in [0, 0.05) is 18.1 Å². The van der Waals surface area contributed by atoms with Crippen molar-refractivity contribution in [2.45, 2.75) is 31.4 Å². The Labute approximate surface area is 139 Å². The molecule has 0 saturated heterocycles. The van der Waals surface area contributed by atoms with E-state index in [-0.39, 0.29) is 12.1 Å². The van der Waals surface area contributed by atoms with Crippen molar-refractivity contribution in [2.75, 3.05) is 6.54 Å². The molecular weight excluding hydrogens is 310 g/mol.